The number of nitrogens with zero attached hydrogens (tertiary/aromatic N) is 3. The number of carbonyl (C=O) groups excluding carboxylic acids is 1. The van der Waals surface area contributed by atoms with E-state index in [1.165, 1.54) is 12.8 Å². The molecule has 1 aliphatic carbocycles. The molecule has 3 heterocycles. The summed E-state index contributed by atoms with van der Waals surface area (Å²) in [5, 5.41) is 7.04. The second-order valence-corrected chi connectivity index (χ2v) is 6.74. The number of aromatic nitrogens is 3. The molecule has 4 rings (SSSR count). The molecule has 2 fully saturated rings. The van der Waals surface area contributed by atoms with Gasteiger partial charge in [-0.15, -0.1) is 0 Å². The molecule has 2 aliphatic rings. The van der Waals surface area contributed by atoms with Crippen molar-refractivity contribution in [3.8, 4) is 5.88 Å². The van der Waals surface area contributed by atoms with Crippen molar-refractivity contribution in [1.29, 1.82) is 0 Å². The van der Waals surface area contributed by atoms with Crippen LogP contribution in [0.15, 0.2) is 30.6 Å². The van der Waals surface area contributed by atoms with Crippen molar-refractivity contribution in [3.05, 3.63) is 41.9 Å². The van der Waals surface area contributed by atoms with Crippen molar-refractivity contribution in [2.45, 2.75) is 31.6 Å². The van der Waals surface area contributed by atoms with Gasteiger partial charge in [-0.05, 0) is 43.7 Å². The van der Waals surface area contributed by atoms with Crippen LogP contribution in [0, 0.1) is 5.92 Å². The van der Waals surface area contributed by atoms with E-state index in [0.717, 1.165) is 38.2 Å². The second-order valence-electron chi connectivity index (χ2n) is 6.74. The first-order valence-electron chi connectivity index (χ1n) is 8.67. The molecule has 0 aromatic carbocycles. The van der Waals surface area contributed by atoms with E-state index in [2.05, 4.69) is 15.2 Å². The van der Waals surface area contributed by atoms with Crippen LogP contribution in [0.1, 0.15) is 47.7 Å². The molecule has 2 aromatic heterocycles. The van der Waals surface area contributed by atoms with Gasteiger partial charge >= 0.3 is 0 Å². The standard InChI is InChI=1S/C18H22N4O2/c23-18(14-5-6-17(19-10-14)24-12-13-3-4-13)22-9-1-2-15(11-22)16-7-8-20-21-16/h5-8,10,13,15H,1-4,9,11-12H2,(H,20,21)/t15-/m0/s1. The van der Waals surface area contributed by atoms with Crippen molar-refractivity contribution < 1.29 is 9.53 Å². The normalized spacial score (nSPS) is 20.8. The number of hydrogen-bond donors (Lipinski definition) is 1. The Hall–Kier alpha value is -2.37. The lowest BCUT2D eigenvalue weighted by Crippen LogP contribution is -2.39. The third-order valence-corrected chi connectivity index (χ3v) is 4.82. The average Bonchev–Trinajstić information content (AvgIpc) is 3.30. The van der Waals surface area contributed by atoms with Gasteiger partial charge in [0.05, 0.1) is 12.2 Å². The predicted octanol–water partition coefficient (Wildman–Crippen LogP) is 2.61. The second kappa shape index (κ2) is 6.63. The van der Waals surface area contributed by atoms with Gasteiger partial charge in [0, 0.05) is 43.2 Å². The number of carbonyl (C=O) groups is 1. The Bertz CT molecular complexity index is 680. The predicted molar refractivity (Wildman–Crippen MR) is 88.9 cm³/mol. The van der Waals surface area contributed by atoms with Crippen molar-refractivity contribution >= 4 is 5.91 Å². The minimum atomic E-state index is 0.0421. The number of amides is 1. The van der Waals surface area contributed by atoms with E-state index in [9.17, 15) is 4.79 Å². The Morgan fingerprint density at radius 2 is 2.21 bits per heavy atom. The molecule has 1 saturated carbocycles. The summed E-state index contributed by atoms with van der Waals surface area (Å²) in [7, 11) is 0. The van der Waals surface area contributed by atoms with Crippen molar-refractivity contribution in [2.75, 3.05) is 19.7 Å². The lowest BCUT2D eigenvalue weighted by molar-refractivity contribution is 0.0705. The van der Waals surface area contributed by atoms with Gasteiger partial charge in [-0.2, -0.15) is 5.10 Å². The van der Waals surface area contributed by atoms with E-state index in [4.69, 9.17) is 4.74 Å². The molecule has 1 atom stereocenters. The smallest absolute Gasteiger partial charge is 0.255 e. The maximum absolute atomic E-state index is 12.7. The molecule has 24 heavy (non-hydrogen) atoms. The number of likely N-dealkylation sites (tertiary alicyclic amines) is 1. The van der Waals surface area contributed by atoms with Gasteiger partial charge in [-0.3, -0.25) is 9.89 Å². The van der Waals surface area contributed by atoms with Gasteiger partial charge in [0.2, 0.25) is 5.88 Å². The fourth-order valence-electron chi connectivity index (χ4n) is 3.17. The maximum atomic E-state index is 12.7. The molecule has 2 aromatic rings. The molecular formula is C18H22N4O2. The first kappa shape index (κ1) is 15.2. The van der Waals surface area contributed by atoms with Crippen LogP contribution >= 0.6 is 0 Å². The number of H-pyrrole nitrogens is 1. The third-order valence-electron chi connectivity index (χ3n) is 4.82. The van der Waals surface area contributed by atoms with E-state index in [0.29, 0.717) is 23.3 Å². The van der Waals surface area contributed by atoms with Crippen LogP contribution in [-0.2, 0) is 0 Å². The Balaban J connectivity index is 1.38. The maximum Gasteiger partial charge on any atom is 0.255 e. The highest BCUT2D eigenvalue weighted by molar-refractivity contribution is 5.94. The van der Waals surface area contributed by atoms with Gasteiger partial charge in [0.15, 0.2) is 0 Å². The summed E-state index contributed by atoms with van der Waals surface area (Å²) in [5.74, 6) is 1.67. The first-order chi connectivity index (χ1) is 11.8. The molecule has 1 saturated heterocycles. The fourth-order valence-corrected chi connectivity index (χ4v) is 3.17. The molecule has 6 heteroatoms. The highest BCUT2D eigenvalue weighted by Crippen LogP contribution is 2.29. The lowest BCUT2D eigenvalue weighted by Gasteiger charge is -2.32. The van der Waals surface area contributed by atoms with E-state index >= 15 is 0 Å². The number of rotatable bonds is 5. The number of ether oxygens (including phenoxy) is 1. The zero-order chi connectivity index (χ0) is 16.4. The van der Waals surface area contributed by atoms with Crippen LogP contribution < -0.4 is 4.74 Å². The fraction of sp³-hybridized carbons (Fsp3) is 0.500. The van der Waals surface area contributed by atoms with E-state index in [1.807, 2.05) is 17.0 Å². The topological polar surface area (TPSA) is 71.1 Å². The Labute approximate surface area is 141 Å². The van der Waals surface area contributed by atoms with Crippen LogP contribution in [0.4, 0.5) is 0 Å². The summed E-state index contributed by atoms with van der Waals surface area (Å²) in [6.07, 6.45) is 7.99. The molecule has 126 valence electrons. The van der Waals surface area contributed by atoms with Gasteiger partial charge < -0.3 is 9.64 Å². The Kier molecular flexibility index (Phi) is 4.19. The number of pyridine rings is 1. The summed E-state index contributed by atoms with van der Waals surface area (Å²) in [6, 6.07) is 5.61. The van der Waals surface area contributed by atoms with Crippen molar-refractivity contribution in [1.82, 2.24) is 20.1 Å². The van der Waals surface area contributed by atoms with Crippen molar-refractivity contribution in [3.63, 3.8) is 0 Å². The molecule has 6 nitrogen and oxygen atoms in total. The van der Waals surface area contributed by atoms with Crippen molar-refractivity contribution in [2.24, 2.45) is 5.92 Å². The van der Waals surface area contributed by atoms with Gasteiger partial charge in [0.25, 0.3) is 5.91 Å². The third kappa shape index (κ3) is 3.42. The number of nitrogens with one attached hydrogen (secondary N) is 1. The molecule has 1 N–H and O–H groups in total. The van der Waals surface area contributed by atoms with Gasteiger partial charge in [0.1, 0.15) is 0 Å². The summed E-state index contributed by atoms with van der Waals surface area (Å²) in [4.78, 5) is 18.9. The summed E-state index contributed by atoms with van der Waals surface area (Å²) in [5.41, 5.74) is 1.73. The van der Waals surface area contributed by atoms with Crippen LogP contribution in [0.3, 0.4) is 0 Å². The molecule has 0 radical (unpaired) electrons. The molecule has 1 amide bonds. The molecule has 0 bridgehead atoms. The summed E-state index contributed by atoms with van der Waals surface area (Å²) < 4.78 is 5.63. The van der Waals surface area contributed by atoms with E-state index in [-0.39, 0.29) is 5.91 Å². The molecule has 0 spiro atoms. The minimum Gasteiger partial charge on any atom is -0.477 e. The Morgan fingerprint density at radius 3 is 2.92 bits per heavy atom. The van der Waals surface area contributed by atoms with E-state index < -0.39 is 0 Å². The first-order valence-corrected chi connectivity index (χ1v) is 8.67. The van der Waals surface area contributed by atoms with Crippen LogP contribution in [0.25, 0.3) is 0 Å². The zero-order valence-electron chi connectivity index (χ0n) is 13.6. The lowest BCUT2D eigenvalue weighted by atomic mass is 9.94. The molecule has 0 unspecified atom stereocenters. The van der Waals surface area contributed by atoms with Gasteiger partial charge in [-0.25, -0.2) is 4.98 Å². The number of piperidine rings is 1. The number of aromatic amines is 1. The van der Waals surface area contributed by atoms with Crippen LogP contribution in [0.5, 0.6) is 5.88 Å². The minimum absolute atomic E-state index is 0.0421. The summed E-state index contributed by atoms with van der Waals surface area (Å²) >= 11 is 0. The largest absolute Gasteiger partial charge is 0.477 e. The van der Waals surface area contributed by atoms with Crippen LogP contribution in [0.2, 0.25) is 0 Å². The highest BCUT2D eigenvalue weighted by atomic mass is 16.5. The zero-order valence-corrected chi connectivity index (χ0v) is 13.6. The summed E-state index contributed by atoms with van der Waals surface area (Å²) in [6.45, 7) is 2.25. The molecular weight excluding hydrogens is 304 g/mol. The molecule has 1 aliphatic heterocycles. The monoisotopic (exact) mass is 326 g/mol. The SMILES string of the molecule is O=C(c1ccc(OCC2CC2)nc1)N1CCC[C@H](c2ccn[nH]2)C1. The van der Waals surface area contributed by atoms with Gasteiger partial charge in [-0.1, -0.05) is 0 Å². The van der Waals surface area contributed by atoms with Crippen LogP contribution in [-0.4, -0.2) is 45.7 Å². The van der Waals surface area contributed by atoms with E-state index in [1.54, 1.807) is 18.5 Å². The average molecular weight is 326 g/mol. The quantitative estimate of drug-likeness (QED) is 0.917. The number of hydrogen-bond acceptors (Lipinski definition) is 4. The Morgan fingerprint density at radius 1 is 1.29 bits per heavy atom. The highest BCUT2D eigenvalue weighted by Gasteiger charge is 2.26.